The Morgan fingerprint density at radius 1 is 1.11 bits per heavy atom. The van der Waals surface area contributed by atoms with E-state index in [2.05, 4.69) is 4.74 Å². The molecule has 0 atom stereocenters. The highest BCUT2D eigenvalue weighted by atomic mass is 32.2. The predicted molar refractivity (Wildman–Crippen MR) is 70.0 cm³/mol. The van der Waals surface area contributed by atoms with Crippen LogP contribution < -0.4 is 4.74 Å². The number of hydrogen-bond donors (Lipinski definition) is 0. The highest BCUT2D eigenvalue weighted by Crippen LogP contribution is 2.36. The lowest BCUT2D eigenvalue weighted by Gasteiger charge is -2.10. The van der Waals surface area contributed by atoms with Gasteiger partial charge >= 0.3 is 5.97 Å². The lowest BCUT2D eigenvalue weighted by molar-refractivity contribution is -0.135. The van der Waals surface area contributed by atoms with Gasteiger partial charge in [0.1, 0.15) is 5.75 Å². The monoisotopic (exact) mass is 280 g/mol. The fourth-order valence-corrected chi connectivity index (χ4v) is 3.04. The number of sulfone groups is 1. The number of carbonyl (C=O) groups is 1. The van der Waals surface area contributed by atoms with Crippen LogP contribution in [0.4, 0.5) is 0 Å². The third-order valence-electron chi connectivity index (χ3n) is 2.66. The summed E-state index contributed by atoms with van der Waals surface area (Å²) in [5, 5.41) is 1.94. The van der Waals surface area contributed by atoms with E-state index >= 15 is 0 Å². The summed E-state index contributed by atoms with van der Waals surface area (Å²) in [4.78, 5) is 11.6. The zero-order valence-electron chi connectivity index (χ0n) is 10.4. The van der Waals surface area contributed by atoms with Crippen molar-refractivity contribution in [3.8, 4) is 5.75 Å². The molecule has 0 bridgehead atoms. The Hall–Kier alpha value is -2.08. The Kier molecular flexibility index (Phi) is 3.44. The summed E-state index contributed by atoms with van der Waals surface area (Å²) in [7, 11) is -0.874. The minimum atomic E-state index is -3.55. The minimum Gasteiger partial charge on any atom is -0.496 e. The molecule has 2 rings (SSSR count). The molecule has 0 spiro atoms. The van der Waals surface area contributed by atoms with E-state index in [0.29, 0.717) is 11.3 Å². The van der Waals surface area contributed by atoms with E-state index in [1.807, 2.05) is 0 Å². The van der Waals surface area contributed by atoms with E-state index in [1.54, 1.807) is 24.3 Å². The van der Waals surface area contributed by atoms with Crippen LogP contribution in [-0.2, 0) is 19.4 Å². The molecule has 0 radical (unpaired) electrons. The van der Waals surface area contributed by atoms with Gasteiger partial charge in [-0.1, -0.05) is 18.2 Å². The maximum atomic E-state index is 11.6. The summed E-state index contributed by atoms with van der Waals surface area (Å²) in [6.07, 6.45) is 0. The van der Waals surface area contributed by atoms with Gasteiger partial charge in [-0.25, -0.2) is 13.2 Å². The number of ether oxygens (including phenoxy) is 2. The summed E-state index contributed by atoms with van der Waals surface area (Å²) in [5.41, 5.74) is 0.819. The molecule has 1 aliphatic rings. The first kappa shape index (κ1) is 13.4. The Bertz CT molecular complexity index is 683. The molecule has 1 aromatic rings. The number of benzene rings is 1. The van der Waals surface area contributed by atoms with Crippen LogP contribution in [0, 0.1) is 0 Å². The number of rotatable bonds is 3. The highest BCUT2D eigenvalue weighted by Gasteiger charge is 2.28. The summed E-state index contributed by atoms with van der Waals surface area (Å²) >= 11 is 0. The molecule has 1 aromatic carbocycles. The summed E-state index contributed by atoms with van der Waals surface area (Å²) in [6, 6.07) is 6.87. The molecular weight excluding hydrogens is 268 g/mol. The predicted octanol–water partition coefficient (Wildman–Crippen LogP) is 1.52. The number of methoxy groups -OCH3 is 2. The molecule has 0 fully saturated rings. The van der Waals surface area contributed by atoms with Gasteiger partial charge in [-0.15, -0.1) is 0 Å². The van der Waals surface area contributed by atoms with E-state index in [-0.39, 0.29) is 11.1 Å². The first-order chi connectivity index (χ1) is 8.98. The molecule has 19 heavy (non-hydrogen) atoms. The van der Waals surface area contributed by atoms with Crippen molar-refractivity contribution in [1.82, 2.24) is 0 Å². The van der Waals surface area contributed by atoms with Gasteiger partial charge in [0.15, 0.2) is 9.84 Å². The van der Waals surface area contributed by atoms with Gasteiger partial charge in [0, 0.05) is 16.5 Å². The summed E-state index contributed by atoms with van der Waals surface area (Å²) in [6.45, 7) is 0. The van der Waals surface area contributed by atoms with Crippen molar-refractivity contribution < 1.29 is 22.7 Å². The molecule has 1 heterocycles. The van der Waals surface area contributed by atoms with Gasteiger partial charge in [0.25, 0.3) is 0 Å². The summed E-state index contributed by atoms with van der Waals surface area (Å²) < 4.78 is 33.1. The van der Waals surface area contributed by atoms with Crippen molar-refractivity contribution >= 4 is 21.4 Å². The Balaban J connectivity index is 2.61. The maximum absolute atomic E-state index is 11.6. The zero-order valence-corrected chi connectivity index (χ0v) is 11.2. The van der Waals surface area contributed by atoms with Crippen molar-refractivity contribution in [2.45, 2.75) is 0 Å². The second-order valence-electron chi connectivity index (χ2n) is 3.84. The van der Waals surface area contributed by atoms with Gasteiger partial charge in [-0.3, -0.25) is 0 Å². The Morgan fingerprint density at radius 3 is 2.42 bits per heavy atom. The van der Waals surface area contributed by atoms with Gasteiger partial charge in [-0.05, 0) is 6.07 Å². The van der Waals surface area contributed by atoms with E-state index in [1.165, 1.54) is 14.2 Å². The van der Waals surface area contributed by atoms with Gasteiger partial charge in [0.2, 0.25) is 0 Å². The van der Waals surface area contributed by atoms with Crippen LogP contribution in [0.25, 0.3) is 5.57 Å². The molecule has 5 nitrogen and oxygen atoms in total. The van der Waals surface area contributed by atoms with Gasteiger partial charge < -0.3 is 9.47 Å². The molecule has 0 amide bonds. The molecule has 0 aliphatic carbocycles. The van der Waals surface area contributed by atoms with Crippen LogP contribution in [-0.4, -0.2) is 28.6 Å². The Morgan fingerprint density at radius 2 is 1.79 bits per heavy atom. The van der Waals surface area contributed by atoms with Crippen LogP contribution in [0.3, 0.4) is 0 Å². The van der Waals surface area contributed by atoms with Crippen molar-refractivity contribution in [3.05, 3.63) is 46.2 Å². The largest absolute Gasteiger partial charge is 0.496 e. The van der Waals surface area contributed by atoms with Crippen molar-refractivity contribution in [3.63, 3.8) is 0 Å². The molecule has 100 valence electrons. The normalized spacial score (nSPS) is 16.5. The van der Waals surface area contributed by atoms with E-state index in [0.717, 1.165) is 10.8 Å². The average Bonchev–Trinajstić information content (AvgIpc) is 2.73. The summed E-state index contributed by atoms with van der Waals surface area (Å²) in [5.74, 6) is -0.209. The van der Waals surface area contributed by atoms with E-state index in [4.69, 9.17) is 4.74 Å². The van der Waals surface area contributed by atoms with Crippen LogP contribution in [0.1, 0.15) is 5.56 Å². The van der Waals surface area contributed by atoms with E-state index in [9.17, 15) is 13.2 Å². The third kappa shape index (κ3) is 2.53. The SMILES string of the molecule is COC(=O)C1=CS(=O)(=O)C=C1c1ccccc1OC. The topological polar surface area (TPSA) is 69.7 Å². The number of hydrogen-bond acceptors (Lipinski definition) is 5. The molecule has 0 N–H and O–H groups in total. The smallest absolute Gasteiger partial charge is 0.339 e. The molecule has 0 unspecified atom stereocenters. The zero-order chi connectivity index (χ0) is 14.0. The average molecular weight is 280 g/mol. The van der Waals surface area contributed by atoms with Crippen molar-refractivity contribution in [2.24, 2.45) is 0 Å². The lowest BCUT2D eigenvalue weighted by atomic mass is 10.00. The molecule has 6 heteroatoms. The first-order valence-electron chi connectivity index (χ1n) is 5.39. The lowest BCUT2D eigenvalue weighted by Crippen LogP contribution is -2.05. The fourth-order valence-electron chi connectivity index (χ4n) is 1.83. The minimum absolute atomic E-state index is 0.00648. The van der Waals surface area contributed by atoms with Crippen LogP contribution in [0.15, 0.2) is 40.7 Å². The second kappa shape index (κ2) is 4.89. The van der Waals surface area contributed by atoms with Crippen molar-refractivity contribution in [2.75, 3.05) is 14.2 Å². The fraction of sp³-hybridized carbons (Fsp3) is 0.154. The van der Waals surface area contributed by atoms with Crippen LogP contribution in [0.2, 0.25) is 0 Å². The molecule has 0 saturated heterocycles. The highest BCUT2D eigenvalue weighted by molar-refractivity contribution is 7.97. The van der Waals surface area contributed by atoms with Crippen LogP contribution in [0.5, 0.6) is 5.75 Å². The molecule has 1 aliphatic heterocycles. The van der Waals surface area contributed by atoms with E-state index < -0.39 is 15.8 Å². The van der Waals surface area contributed by atoms with Crippen molar-refractivity contribution in [1.29, 1.82) is 0 Å². The first-order valence-corrected chi connectivity index (χ1v) is 7.00. The number of para-hydroxylation sites is 1. The number of carbonyl (C=O) groups excluding carboxylic acids is 1. The van der Waals surface area contributed by atoms with Gasteiger partial charge in [-0.2, -0.15) is 0 Å². The second-order valence-corrected chi connectivity index (χ2v) is 5.49. The molecule has 0 saturated carbocycles. The van der Waals surface area contributed by atoms with Gasteiger partial charge in [0.05, 0.1) is 25.2 Å². The molecular formula is C13H12O5S. The quantitative estimate of drug-likeness (QED) is 0.785. The number of esters is 1. The standard InChI is InChI=1S/C13H12O5S/c1-17-12-6-4-3-5-9(12)10-7-19(15,16)8-11(10)13(14)18-2/h3-8H,1-2H3. The third-order valence-corrected chi connectivity index (χ3v) is 3.79. The molecule has 0 aromatic heterocycles. The van der Waals surface area contributed by atoms with Crippen LogP contribution >= 0.6 is 0 Å². The maximum Gasteiger partial charge on any atom is 0.339 e. The Labute approximate surface area is 111 Å².